The summed E-state index contributed by atoms with van der Waals surface area (Å²) in [6.07, 6.45) is 2.57. The number of rotatable bonds is 1. The Labute approximate surface area is 82.2 Å². The molecule has 1 unspecified atom stereocenters. The highest BCUT2D eigenvalue weighted by atomic mass is 19.4. The van der Waals surface area contributed by atoms with E-state index < -0.39 is 12.2 Å². The molecule has 1 aliphatic rings. The van der Waals surface area contributed by atoms with Crippen molar-refractivity contribution in [3.05, 3.63) is 11.6 Å². The lowest BCUT2D eigenvalue weighted by Crippen LogP contribution is -2.39. The van der Waals surface area contributed by atoms with Crippen molar-refractivity contribution in [3.63, 3.8) is 0 Å². The lowest BCUT2D eigenvalue weighted by Gasteiger charge is -2.20. The van der Waals surface area contributed by atoms with Crippen molar-refractivity contribution in [1.82, 2.24) is 0 Å². The van der Waals surface area contributed by atoms with E-state index in [9.17, 15) is 13.2 Å². The lowest BCUT2D eigenvalue weighted by atomic mass is 9.95. The minimum absolute atomic E-state index is 0.372. The highest BCUT2D eigenvalue weighted by molar-refractivity contribution is 5.13. The molecule has 1 atom stereocenters. The zero-order valence-corrected chi connectivity index (χ0v) is 8.11. The van der Waals surface area contributed by atoms with Crippen LogP contribution in [0.2, 0.25) is 0 Å². The van der Waals surface area contributed by atoms with Gasteiger partial charge in [-0.3, -0.25) is 0 Å². The van der Waals surface area contributed by atoms with Crippen molar-refractivity contribution in [1.29, 1.82) is 0 Å². The van der Waals surface area contributed by atoms with Crippen LogP contribution < -0.4 is 5.73 Å². The predicted octanol–water partition coefficient (Wildman–Crippen LogP) is 3.16. The van der Waals surface area contributed by atoms with Crippen molar-refractivity contribution in [2.75, 3.05) is 0 Å². The van der Waals surface area contributed by atoms with E-state index in [2.05, 4.69) is 0 Å². The lowest BCUT2D eigenvalue weighted by molar-refractivity contribution is -0.139. The van der Waals surface area contributed by atoms with E-state index in [0.717, 1.165) is 32.1 Å². The molecule has 0 aromatic rings. The number of allylic oxidation sites excluding steroid dienone is 1. The van der Waals surface area contributed by atoms with E-state index in [1.165, 1.54) is 0 Å². The van der Waals surface area contributed by atoms with Crippen LogP contribution in [-0.4, -0.2) is 12.2 Å². The molecule has 0 aromatic heterocycles. The van der Waals surface area contributed by atoms with E-state index in [1.807, 2.05) is 0 Å². The second kappa shape index (κ2) is 4.82. The second-order valence-electron chi connectivity index (χ2n) is 3.75. The Hall–Kier alpha value is -0.510. The highest BCUT2D eigenvalue weighted by Crippen LogP contribution is 2.28. The van der Waals surface area contributed by atoms with Gasteiger partial charge < -0.3 is 5.73 Å². The van der Waals surface area contributed by atoms with E-state index >= 15 is 0 Å². The molecule has 4 heteroatoms. The van der Waals surface area contributed by atoms with Crippen LogP contribution in [0.1, 0.15) is 38.5 Å². The Morgan fingerprint density at radius 3 is 2.43 bits per heavy atom. The molecule has 0 fully saturated rings. The summed E-state index contributed by atoms with van der Waals surface area (Å²) in [4.78, 5) is 0. The maximum Gasteiger partial charge on any atom is 0.407 e. The van der Waals surface area contributed by atoms with Crippen molar-refractivity contribution >= 4 is 0 Å². The summed E-state index contributed by atoms with van der Waals surface area (Å²) in [5, 5.41) is 0. The summed E-state index contributed by atoms with van der Waals surface area (Å²) >= 11 is 0. The van der Waals surface area contributed by atoms with Gasteiger partial charge in [0.1, 0.15) is 6.04 Å². The van der Waals surface area contributed by atoms with Gasteiger partial charge >= 0.3 is 6.18 Å². The average Bonchev–Trinajstić information content (AvgIpc) is 2.00. The minimum atomic E-state index is -4.29. The number of hydrogen-bond donors (Lipinski definition) is 1. The van der Waals surface area contributed by atoms with Crippen LogP contribution in [0.25, 0.3) is 0 Å². The van der Waals surface area contributed by atoms with Crippen LogP contribution in [0.15, 0.2) is 11.6 Å². The van der Waals surface area contributed by atoms with Crippen LogP contribution in [-0.2, 0) is 0 Å². The molecule has 0 amide bonds. The Morgan fingerprint density at radius 1 is 1.14 bits per heavy atom. The van der Waals surface area contributed by atoms with Crippen LogP contribution in [0, 0.1) is 0 Å². The first-order valence-electron chi connectivity index (χ1n) is 5.03. The van der Waals surface area contributed by atoms with Crippen molar-refractivity contribution in [2.45, 2.75) is 50.7 Å². The smallest absolute Gasteiger partial charge is 0.317 e. The number of nitrogens with two attached hydrogens (primary N) is 1. The monoisotopic (exact) mass is 207 g/mol. The highest BCUT2D eigenvalue weighted by Gasteiger charge is 2.38. The van der Waals surface area contributed by atoms with E-state index in [4.69, 9.17) is 5.73 Å². The fourth-order valence-electron chi connectivity index (χ4n) is 1.71. The third kappa shape index (κ3) is 3.33. The Morgan fingerprint density at radius 2 is 1.79 bits per heavy atom. The standard InChI is InChI=1S/C10H16F3N/c11-10(12,13)9(14)8-6-4-2-1-3-5-7-8/h6,9H,1-5,7,14H2. The van der Waals surface area contributed by atoms with Crippen LogP contribution in [0.5, 0.6) is 0 Å². The number of alkyl halides is 3. The first-order chi connectivity index (χ1) is 6.52. The molecule has 1 rings (SSSR count). The summed E-state index contributed by atoms with van der Waals surface area (Å²) in [6.45, 7) is 0. The maximum atomic E-state index is 12.3. The van der Waals surface area contributed by atoms with Crippen molar-refractivity contribution in [3.8, 4) is 0 Å². The molecule has 1 aliphatic carbocycles. The number of halogens is 3. The molecule has 0 saturated carbocycles. The molecule has 2 N–H and O–H groups in total. The third-order valence-electron chi connectivity index (χ3n) is 2.58. The minimum Gasteiger partial charge on any atom is -0.317 e. The molecule has 0 heterocycles. The molecule has 82 valence electrons. The Kier molecular flexibility index (Phi) is 3.98. The maximum absolute atomic E-state index is 12.3. The SMILES string of the molecule is NC(C1=CCCCCCC1)C(F)(F)F. The molecule has 0 aliphatic heterocycles. The third-order valence-corrected chi connectivity index (χ3v) is 2.58. The van der Waals surface area contributed by atoms with Gasteiger partial charge in [-0.25, -0.2) is 0 Å². The molecule has 0 bridgehead atoms. The van der Waals surface area contributed by atoms with Gasteiger partial charge in [-0.05, 0) is 31.3 Å². The van der Waals surface area contributed by atoms with Crippen molar-refractivity contribution < 1.29 is 13.2 Å². The van der Waals surface area contributed by atoms with Gasteiger partial charge in [0.05, 0.1) is 0 Å². The van der Waals surface area contributed by atoms with Gasteiger partial charge in [-0.15, -0.1) is 0 Å². The number of hydrogen-bond acceptors (Lipinski definition) is 1. The topological polar surface area (TPSA) is 26.0 Å². The molecular formula is C10H16F3N. The second-order valence-corrected chi connectivity index (χ2v) is 3.75. The van der Waals surface area contributed by atoms with E-state index in [0.29, 0.717) is 12.0 Å². The molecule has 0 radical (unpaired) electrons. The molecule has 0 spiro atoms. The molecule has 0 aromatic carbocycles. The van der Waals surface area contributed by atoms with Gasteiger partial charge in [0.15, 0.2) is 0 Å². The van der Waals surface area contributed by atoms with Crippen molar-refractivity contribution in [2.24, 2.45) is 5.73 Å². The molecular weight excluding hydrogens is 191 g/mol. The van der Waals surface area contributed by atoms with Crippen LogP contribution >= 0.6 is 0 Å². The predicted molar refractivity (Wildman–Crippen MR) is 49.8 cm³/mol. The largest absolute Gasteiger partial charge is 0.407 e. The summed E-state index contributed by atoms with van der Waals surface area (Å²) in [5.74, 6) is 0. The van der Waals surface area contributed by atoms with Crippen LogP contribution in [0.4, 0.5) is 13.2 Å². The summed E-state index contributed by atoms with van der Waals surface area (Å²) in [6, 6.07) is -1.75. The Bertz CT molecular complexity index is 208. The fraction of sp³-hybridized carbons (Fsp3) is 0.800. The molecule has 1 nitrogen and oxygen atoms in total. The average molecular weight is 207 g/mol. The zero-order chi connectivity index (χ0) is 10.6. The van der Waals surface area contributed by atoms with Gasteiger partial charge in [-0.1, -0.05) is 18.9 Å². The summed E-state index contributed by atoms with van der Waals surface area (Å²) in [7, 11) is 0. The van der Waals surface area contributed by atoms with Gasteiger partial charge in [0, 0.05) is 0 Å². The first kappa shape index (κ1) is 11.6. The first-order valence-corrected chi connectivity index (χ1v) is 5.03. The van der Waals surface area contributed by atoms with Gasteiger partial charge in [0.2, 0.25) is 0 Å². The Balaban J connectivity index is 2.63. The summed E-state index contributed by atoms with van der Waals surface area (Å²) in [5.41, 5.74) is 5.53. The van der Waals surface area contributed by atoms with Crippen LogP contribution in [0.3, 0.4) is 0 Å². The van der Waals surface area contributed by atoms with Gasteiger partial charge in [-0.2, -0.15) is 13.2 Å². The quantitative estimate of drug-likeness (QED) is 0.657. The van der Waals surface area contributed by atoms with Gasteiger partial charge in [0.25, 0.3) is 0 Å². The zero-order valence-electron chi connectivity index (χ0n) is 8.11. The van der Waals surface area contributed by atoms with E-state index in [-0.39, 0.29) is 0 Å². The fourth-order valence-corrected chi connectivity index (χ4v) is 1.71. The molecule has 0 saturated heterocycles. The normalized spacial score (nSPS) is 22.1. The molecule has 14 heavy (non-hydrogen) atoms. The van der Waals surface area contributed by atoms with E-state index in [1.54, 1.807) is 6.08 Å². The summed E-state index contributed by atoms with van der Waals surface area (Å²) < 4.78 is 36.9.